The van der Waals surface area contributed by atoms with Crippen molar-refractivity contribution in [3.63, 3.8) is 0 Å². The van der Waals surface area contributed by atoms with Crippen molar-refractivity contribution in [3.8, 4) is 11.5 Å². The van der Waals surface area contributed by atoms with Gasteiger partial charge in [-0.3, -0.25) is 9.59 Å². The molecule has 0 atom stereocenters. The number of hydrazone groups is 1. The highest BCUT2D eigenvalue weighted by atomic mass is 35.5. The first-order valence-electron chi connectivity index (χ1n) is 9.21. The molecule has 3 rings (SSSR count). The van der Waals surface area contributed by atoms with E-state index in [-0.39, 0.29) is 11.3 Å². The van der Waals surface area contributed by atoms with Crippen LogP contribution in [0.25, 0.3) is 0 Å². The molecule has 0 radical (unpaired) electrons. The Kier molecular flexibility index (Phi) is 6.87. The summed E-state index contributed by atoms with van der Waals surface area (Å²) in [5.74, 6) is -0.282. The normalized spacial score (nSPS) is 10.9. The van der Waals surface area contributed by atoms with Gasteiger partial charge in [-0.25, -0.2) is 5.43 Å². The minimum absolute atomic E-state index is 0.0172. The molecule has 154 valence electrons. The number of halogens is 1. The lowest BCUT2D eigenvalue weighted by molar-refractivity contribution is 0.0953. The zero-order valence-electron chi connectivity index (χ0n) is 16.2. The predicted octanol–water partition coefficient (Wildman–Crippen LogP) is 3.42. The Balaban J connectivity index is 1.71. The lowest BCUT2D eigenvalue weighted by Gasteiger charge is -2.08. The van der Waals surface area contributed by atoms with Crippen LogP contribution in [0, 0.1) is 0 Å². The van der Waals surface area contributed by atoms with Crippen LogP contribution in [0.3, 0.4) is 0 Å². The van der Waals surface area contributed by atoms with E-state index >= 15 is 0 Å². The Morgan fingerprint density at radius 1 is 1.23 bits per heavy atom. The fourth-order valence-electron chi connectivity index (χ4n) is 2.73. The maximum atomic E-state index is 12.6. The van der Waals surface area contributed by atoms with Crippen LogP contribution in [0.2, 0.25) is 5.02 Å². The van der Waals surface area contributed by atoms with Crippen LogP contribution in [0.5, 0.6) is 11.5 Å². The summed E-state index contributed by atoms with van der Waals surface area (Å²) in [6.45, 7) is 2.52. The third-order valence-corrected chi connectivity index (χ3v) is 4.45. The number of aromatic nitrogens is 1. The number of carbonyl (C=O) groups excluding carboxylic acids is 1. The summed E-state index contributed by atoms with van der Waals surface area (Å²) < 4.78 is 6.75. The number of phenols is 1. The molecular weight excluding hydrogens is 406 g/mol. The highest BCUT2D eigenvalue weighted by Crippen LogP contribution is 2.26. The molecule has 0 unspecified atom stereocenters. The number of rotatable bonds is 7. The fraction of sp³-hybridized carbons (Fsp3) is 0.136. The number of hydrogen-bond donors (Lipinski definition) is 2. The second kappa shape index (κ2) is 9.76. The lowest BCUT2D eigenvalue weighted by atomic mass is 10.2. The maximum absolute atomic E-state index is 12.6. The van der Waals surface area contributed by atoms with E-state index in [9.17, 15) is 14.7 Å². The van der Waals surface area contributed by atoms with Gasteiger partial charge in [-0.05, 0) is 60.5 Å². The van der Waals surface area contributed by atoms with Gasteiger partial charge in [0.2, 0.25) is 0 Å². The summed E-state index contributed by atoms with van der Waals surface area (Å²) in [4.78, 5) is 25.1. The standard InChI is InChI=1S/C22H20ClN3O4/c1-2-30-20-12-16(7-10-19(20)27)13-24-25-21(28)18-4-3-11-26(22(18)29)14-15-5-8-17(23)9-6-15/h3-13,27H,2,14H2,1H3,(H,25,28)/b24-13-. The number of benzene rings is 2. The predicted molar refractivity (Wildman–Crippen MR) is 116 cm³/mol. The van der Waals surface area contributed by atoms with Gasteiger partial charge in [0.25, 0.3) is 11.5 Å². The number of ether oxygens (including phenoxy) is 1. The molecule has 1 amide bonds. The van der Waals surface area contributed by atoms with Crippen molar-refractivity contribution < 1.29 is 14.6 Å². The molecule has 2 aromatic carbocycles. The summed E-state index contributed by atoms with van der Waals surface area (Å²) >= 11 is 5.88. The highest BCUT2D eigenvalue weighted by molar-refractivity contribution is 6.30. The minimum Gasteiger partial charge on any atom is -0.504 e. The number of aromatic hydroxyl groups is 1. The van der Waals surface area contributed by atoms with Crippen LogP contribution in [-0.2, 0) is 6.54 Å². The number of pyridine rings is 1. The summed E-state index contributed by atoms with van der Waals surface area (Å²) in [7, 11) is 0. The summed E-state index contributed by atoms with van der Waals surface area (Å²) in [5.41, 5.74) is 3.40. The van der Waals surface area contributed by atoms with E-state index in [4.69, 9.17) is 16.3 Å². The van der Waals surface area contributed by atoms with E-state index in [1.54, 1.807) is 43.5 Å². The van der Waals surface area contributed by atoms with Gasteiger partial charge in [0.05, 0.1) is 19.4 Å². The molecule has 0 saturated carbocycles. The van der Waals surface area contributed by atoms with Gasteiger partial charge in [0.15, 0.2) is 11.5 Å². The number of phenolic OH excluding ortho intramolecular Hbond substituents is 1. The fourth-order valence-corrected chi connectivity index (χ4v) is 2.85. The average molecular weight is 426 g/mol. The molecule has 30 heavy (non-hydrogen) atoms. The molecule has 0 saturated heterocycles. The second-order valence-electron chi connectivity index (χ2n) is 6.34. The van der Waals surface area contributed by atoms with Crippen molar-refractivity contribution in [2.24, 2.45) is 5.10 Å². The molecule has 0 bridgehead atoms. The van der Waals surface area contributed by atoms with Crippen LogP contribution in [-0.4, -0.2) is 28.4 Å². The summed E-state index contributed by atoms with van der Waals surface area (Å²) in [5, 5.41) is 14.2. The van der Waals surface area contributed by atoms with Crippen molar-refractivity contribution in [2.75, 3.05) is 6.61 Å². The molecule has 1 heterocycles. The highest BCUT2D eigenvalue weighted by Gasteiger charge is 2.12. The largest absolute Gasteiger partial charge is 0.504 e. The number of carbonyl (C=O) groups is 1. The van der Waals surface area contributed by atoms with Gasteiger partial charge >= 0.3 is 0 Å². The van der Waals surface area contributed by atoms with E-state index in [1.807, 2.05) is 12.1 Å². The van der Waals surface area contributed by atoms with Crippen molar-refractivity contribution in [2.45, 2.75) is 13.5 Å². The Bertz CT molecular complexity index is 1120. The molecule has 0 aliphatic carbocycles. The average Bonchev–Trinajstić information content (AvgIpc) is 2.73. The Morgan fingerprint density at radius 3 is 2.73 bits per heavy atom. The lowest BCUT2D eigenvalue weighted by Crippen LogP contribution is -2.30. The number of nitrogens with one attached hydrogen (secondary N) is 1. The zero-order valence-corrected chi connectivity index (χ0v) is 17.0. The SMILES string of the molecule is CCOc1cc(/C=N\NC(=O)c2cccn(Cc3ccc(Cl)cc3)c2=O)ccc1O. The topological polar surface area (TPSA) is 92.9 Å². The Morgan fingerprint density at radius 2 is 2.00 bits per heavy atom. The van der Waals surface area contributed by atoms with Gasteiger partial charge in [0.1, 0.15) is 5.56 Å². The first-order valence-corrected chi connectivity index (χ1v) is 9.59. The van der Waals surface area contributed by atoms with Gasteiger partial charge in [-0.15, -0.1) is 0 Å². The van der Waals surface area contributed by atoms with E-state index < -0.39 is 11.5 Å². The van der Waals surface area contributed by atoms with Crippen LogP contribution < -0.4 is 15.7 Å². The van der Waals surface area contributed by atoms with Crippen LogP contribution in [0.4, 0.5) is 0 Å². The quantitative estimate of drug-likeness (QED) is 0.448. The molecule has 0 aliphatic heterocycles. The van der Waals surface area contributed by atoms with E-state index in [0.29, 0.717) is 29.5 Å². The third kappa shape index (κ3) is 5.27. The van der Waals surface area contributed by atoms with E-state index in [2.05, 4.69) is 10.5 Å². The molecule has 3 aromatic rings. The summed E-state index contributed by atoms with van der Waals surface area (Å²) in [6.07, 6.45) is 3.01. The van der Waals surface area contributed by atoms with Crippen LogP contribution in [0.15, 0.2) is 70.7 Å². The molecule has 0 aliphatic rings. The molecule has 0 spiro atoms. The monoisotopic (exact) mass is 425 g/mol. The van der Waals surface area contributed by atoms with Gasteiger partial charge in [0, 0.05) is 11.2 Å². The van der Waals surface area contributed by atoms with Crippen molar-refractivity contribution in [3.05, 3.63) is 92.9 Å². The Hall–Kier alpha value is -3.58. The van der Waals surface area contributed by atoms with Gasteiger partial charge in [-0.2, -0.15) is 5.10 Å². The number of nitrogens with zero attached hydrogens (tertiary/aromatic N) is 2. The molecule has 8 heteroatoms. The molecular formula is C22H20ClN3O4. The Labute approximate surface area is 178 Å². The van der Waals surface area contributed by atoms with Crippen molar-refractivity contribution in [1.29, 1.82) is 0 Å². The first kappa shape index (κ1) is 21.1. The van der Waals surface area contributed by atoms with Crippen LogP contribution >= 0.6 is 11.6 Å². The smallest absolute Gasteiger partial charge is 0.276 e. The molecule has 1 aromatic heterocycles. The molecule has 7 nitrogen and oxygen atoms in total. The van der Waals surface area contributed by atoms with E-state index in [1.165, 1.54) is 22.9 Å². The van der Waals surface area contributed by atoms with Gasteiger partial charge in [-0.1, -0.05) is 23.7 Å². The second-order valence-corrected chi connectivity index (χ2v) is 6.78. The third-order valence-electron chi connectivity index (χ3n) is 4.19. The first-order chi connectivity index (χ1) is 14.5. The van der Waals surface area contributed by atoms with Gasteiger partial charge < -0.3 is 14.4 Å². The van der Waals surface area contributed by atoms with E-state index in [0.717, 1.165) is 5.56 Å². The number of hydrogen-bond acceptors (Lipinski definition) is 5. The van der Waals surface area contributed by atoms with Crippen molar-refractivity contribution in [1.82, 2.24) is 9.99 Å². The van der Waals surface area contributed by atoms with Crippen molar-refractivity contribution >= 4 is 23.7 Å². The number of amides is 1. The maximum Gasteiger partial charge on any atom is 0.276 e. The molecule has 2 N–H and O–H groups in total. The minimum atomic E-state index is -0.620. The van der Waals surface area contributed by atoms with Crippen LogP contribution in [0.1, 0.15) is 28.4 Å². The molecule has 0 fully saturated rings. The summed E-state index contributed by atoms with van der Waals surface area (Å²) in [6, 6.07) is 14.9. The zero-order chi connectivity index (χ0) is 21.5.